The van der Waals surface area contributed by atoms with Gasteiger partial charge in [0.05, 0.1) is 0 Å². The fourth-order valence-electron chi connectivity index (χ4n) is 0.924. The summed E-state index contributed by atoms with van der Waals surface area (Å²) in [7, 11) is 0. The molecule has 0 nitrogen and oxygen atoms in total. The van der Waals surface area contributed by atoms with Gasteiger partial charge in [-0.05, 0) is 0 Å². The summed E-state index contributed by atoms with van der Waals surface area (Å²) in [4.78, 5) is 0. The van der Waals surface area contributed by atoms with Crippen molar-refractivity contribution in [2.75, 3.05) is 0 Å². The largest absolute Gasteiger partial charge is 6.00 e. The molecule has 0 aliphatic rings. The van der Waals surface area contributed by atoms with Crippen molar-refractivity contribution in [2.24, 2.45) is 0 Å². The van der Waals surface area contributed by atoms with Crippen LogP contribution in [0.4, 0.5) is 0 Å². The molecule has 0 aromatic heterocycles. The summed E-state index contributed by atoms with van der Waals surface area (Å²) in [6, 6.07) is 18.0. The summed E-state index contributed by atoms with van der Waals surface area (Å²) in [5.41, 5.74) is 3.86. The fraction of sp³-hybridized carbons (Fsp3) is 0. The maximum Gasteiger partial charge on any atom is 6.00 e. The smallest absolute Gasteiger partial charge is 0.240 e. The maximum atomic E-state index is 3.46. The van der Waals surface area contributed by atoms with Crippen molar-refractivity contribution >= 4 is 6.08 Å². The van der Waals surface area contributed by atoms with E-state index < -0.39 is 0 Å². The van der Waals surface area contributed by atoms with Crippen molar-refractivity contribution in [3.63, 3.8) is 0 Å². The van der Waals surface area contributed by atoms with Gasteiger partial charge in [-0.15, -0.1) is 30.4 Å². The first-order valence-corrected chi connectivity index (χ1v) is 4.17. The maximum absolute atomic E-state index is 3.46. The van der Waals surface area contributed by atoms with Crippen LogP contribution in [0.25, 0.3) is 6.08 Å². The minimum atomic E-state index is 0. The van der Waals surface area contributed by atoms with Crippen LogP contribution in [0.2, 0.25) is 0 Å². The second-order valence-corrected chi connectivity index (χ2v) is 2.53. The van der Waals surface area contributed by atoms with E-state index in [1.54, 1.807) is 0 Å². The molecule has 0 unspecified atom stereocenters. The molecular weight excluding hydrogens is 212 g/mol. The Morgan fingerprint density at radius 2 is 1.64 bits per heavy atom. The van der Waals surface area contributed by atoms with Crippen LogP contribution in [0.1, 0.15) is 5.56 Å². The summed E-state index contributed by atoms with van der Waals surface area (Å²) < 4.78 is 0. The minimum Gasteiger partial charge on any atom is -0.240 e. The quantitative estimate of drug-likeness (QED) is 0.394. The molecule has 68 valence electrons. The Kier molecular flexibility index (Phi) is 7.59. The second-order valence-electron chi connectivity index (χ2n) is 2.53. The molecule has 0 heterocycles. The van der Waals surface area contributed by atoms with Gasteiger partial charge in [-0.25, -0.2) is 17.9 Å². The van der Waals surface area contributed by atoms with Crippen LogP contribution in [-0.2, 0) is 17.1 Å². The zero-order chi connectivity index (χ0) is 9.36. The normalized spacial score (nSPS) is 7.43. The van der Waals surface area contributed by atoms with Gasteiger partial charge in [-0.1, -0.05) is 0 Å². The monoisotopic (exact) mass is 224 g/mol. The Labute approximate surface area is 95.8 Å². The van der Waals surface area contributed by atoms with Gasteiger partial charge >= 0.3 is 17.1 Å². The Balaban J connectivity index is 0.000000246. The molecule has 0 atom stereocenters. The Bertz CT molecular complexity index is 317. The predicted molar refractivity (Wildman–Crippen MR) is 57.7 cm³/mol. The van der Waals surface area contributed by atoms with Crippen LogP contribution >= 0.6 is 0 Å². The van der Waals surface area contributed by atoms with Gasteiger partial charge in [0.2, 0.25) is 0 Å². The van der Waals surface area contributed by atoms with Gasteiger partial charge in [0, 0.05) is 0 Å². The molecule has 0 bridgehead atoms. The summed E-state index contributed by atoms with van der Waals surface area (Å²) in [6.07, 6.45) is 1.85. The Hall–Kier alpha value is -1.26. The minimum absolute atomic E-state index is 0. The summed E-state index contributed by atoms with van der Waals surface area (Å²) >= 11 is 0. The van der Waals surface area contributed by atoms with E-state index in [9.17, 15) is 0 Å². The van der Waals surface area contributed by atoms with E-state index in [0.717, 1.165) is 0 Å². The molecule has 0 radical (unpaired) electrons. The van der Waals surface area contributed by atoms with Crippen LogP contribution in [0, 0.1) is 0 Å². The van der Waals surface area contributed by atoms with E-state index in [4.69, 9.17) is 0 Å². The molecule has 0 N–H and O–H groups in total. The molecule has 2 aromatic rings. The molecule has 0 aliphatic heterocycles. The fourth-order valence-corrected chi connectivity index (χ4v) is 0.924. The third kappa shape index (κ3) is 5.40. The molecule has 0 aliphatic carbocycles. The molecule has 2 rings (SSSR count). The van der Waals surface area contributed by atoms with Crippen molar-refractivity contribution in [2.45, 2.75) is 0 Å². The molecular formula is C13H12Fe+4. The average Bonchev–Trinajstić information content (AvgIpc) is 2.79. The average molecular weight is 224 g/mol. The molecule has 0 fully saturated rings. The topological polar surface area (TPSA) is 0 Å². The van der Waals surface area contributed by atoms with Gasteiger partial charge in [-0.2, -0.15) is 30.3 Å². The number of hydrogen-bond acceptors (Lipinski definition) is 0. The zero-order valence-electron chi connectivity index (χ0n) is 7.83. The van der Waals surface area contributed by atoms with Crippen LogP contribution in [0.15, 0.2) is 66.9 Å². The molecule has 14 heavy (non-hydrogen) atoms. The molecule has 0 saturated heterocycles. The van der Waals surface area contributed by atoms with Crippen molar-refractivity contribution in [1.82, 2.24) is 0 Å². The van der Waals surface area contributed by atoms with Crippen LogP contribution in [-0.4, -0.2) is 0 Å². The number of rotatable bonds is 1. The second kappa shape index (κ2) is 8.34. The van der Waals surface area contributed by atoms with E-state index in [2.05, 4.69) is 12.3 Å². The third-order valence-electron chi connectivity index (χ3n) is 1.51. The zero-order valence-corrected chi connectivity index (χ0v) is 8.94. The third-order valence-corrected chi connectivity index (χ3v) is 1.51. The van der Waals surface area contributed by atoms with Crippen LogP contribution < -0.4 is 0 Å². The van der Waals surface area contributed by atoms with Gasteiger partial charge in [0.1, 0.15) is 0 Å². The Morgan fingerprint density at radius 3 is 2.00 bits per heavy atom. The molecule has 2 aromatic carbocycles. The predicted octanol–water partition coefficient (Wildman–Crippen LogP) is 3.61. The first-order chi connectivity index (χ1) is 6.43. The van der Waals surface area contributed by atoms with Crippen molar-refractivity contribution in [3.05, 3.63) is 72.5 Å². The Morgan fingerprint density at radius 1 is 1.07 bits per heavy atom. The van der Waals surface area contributed by atoms with Crippen molar-refractivity contribution in [1.29, 1.82) is 0 Å². The van der Waals surface area contributed by atoms with Crippen molar-refractivity contribution in [3.8, 4) is 0 Å². The van der Waals surface area contributed by atoms with E-state index >= 15 is 0 Å². The molecule has 0 saturated carbocycles. The van der Waals surface area contributed by atoms with E-state index in [-0.39, 0.29) is 17.1 Å². The SMILES string of the molecule is C=C=C[c-]1cccc1.[Fe+6].c1cc[cH-]c1. The van der Waals surface area contributed by atoms with Crippen LogP contribution in [0.3, 0.4) is 0 Å². The first-order valence-electron chi connectivity index (χ1n) is 4.17. The van der Waals surface area contributed by atoms with E-state index in [1.165, 1.54) is 5.56 Å². The molecule has 0 amide bonds. The first kappa shape index (κ1) is 12.7. The van der Waals surface area contributed by atoms with Gasteiger partial charge in [0.15, 0.2) is 0 Å². The summed E-state index contributed by atoms with van der Waals surface area (Å²) in [5.74, 6) is 0. The van der Waals surface area contributed by atoms with Crippen LogP contribution in [0.5, 0.6) is 0 Å². The summed E-state index contributed by atoms with van der Waals surface area (Å²) in [6.45, 7) is 3.46. The summed E-state index contributed by atoms with van der Waals surface area (Å²) in [5, 5.41) is 0. The van der Waals surface area contributed by atoms with Crippen molar-refractivity contribution < 1.29 is 17.1 Å². The molecule has 0 spiro atoms. The number of hydrogen-bond donors (Lipinski definition) is 0. The van der Waals surface area contributed by atoms with E-state index in [0.29, 0.717) is 0 Å². The molecule has 1 heteroatoms. The van der Waals surface area contributed by atoms with Gasteiger partial charge in [-0.3, -0.25) is 0 Å². The standard InChI is InChI=1S/C8H7.C5H5.Fe/c1-2-5-8-6-3-4-7-8;1-2-4-5-3-1;/h3-7H,1H2;1-5H;/q2*-1;+6. The van der Waals surface area contributed by atoms with E-state index in [1.807, 2.05) is 60.7 Å². The van der Waals surface area contributed by atoms with Gasteiger partial charge < -0.3 is 0 Å². The van der Waals surface area contributed by atoms with Gasteiger partial charge in [0.25, 0.3) is 0 Å².